The summed E-state index contributed by atoms with van der Waals surface area (Å²) in [6, 6.07) is 10.0. The fraction of sp³-hybridized carbons (Fsp3) is 0.250. The van der Waals surface area contributed by atoms with Gasteiger partial charge >= 0.3 is 0 Å². The molecule has 2 aromatic rings. The molecule has 0 aliphatic carbocycles. The highest BCUT2D eigenvalue weighted by Crippen LogP contribution is 2.41. The fourth-order valence-electron chi connectivity index (χ4n) is 2.53. The maximum Gasteiger partial charge on any atom is 0.141 e. The van der Waals surface area contributed by atoms with Crippen molar-refractivity contribution in [1.29, 1.82) is 0 Å². The maximum atomic E-state index is 13.3. The minimum Gasteiger partial charge on any atom is -0.497 e. The highest BCUT2D eigenvalue weighted by molar-refractivity contribution is 6.30. The Morgan fingerprint density at radius 1 is 1.29 bits per heavy atom. The largest absolute Gasteiger partial charge is 0.497 e. The van der Waals surface area contributed by atoms with Crippen molar-refractivity contribution in [2.45, 2.75) is 18.6 Å². The number of ether oxygens (including phenoxy) is 2. The van der Waals surface area contributed by atoms with Gasteiger partial charge in [-0.1, -0.05) is 23.7 Å². The van der Waals surface area contributed by atoms with Crippen molar-refractivity contribution < 1.29 is 13.9 Å². The van der Waals surface area contributed by atoms with Crippen molar-refractivity contribution in [2.24, 2.45) is 5.73 Å². The van der Waals surface area contributed by atoms with Gasteiger partial charge in [-0.3, -0.25) is 0 Å². The molecule has 0 spiro atoms. The predicted octanol–water partition coefficient (Wildman–Crippen LogP) is 4.01. The zero-order valence-electron chi connectivity index (χ0n) is 11.5. The van der Waals surface area contributed by atoms with E-state index in [1.54, 1.807) is 19.2 Å². The van der Waals surface area contributed by atoms with E-state index in [2.05, 4.69) is 0 Å². The van der Waals surface area contributed by atoms with Crippen LogP contribution in [0.3, 0.4) is 0 Å². The van der Waals surface area contributed by atoms with Gasteiger partial charge in [0.15, 0.2) is 0 Å². The van der Waals surface area contributed by atoms with Crippen LogP contribution in [-0.2, 0) is 0 Å². The zero-order chi connectivity index (χ0) is 15.0. The van der Waals surface area contributed by atoms with Crippen LogP contribution in [0, 0.1) is 5.82 Å². The Hall–Kier alpha value is -1.78. The molecule has 1 unspecified atom stereocenters. The van der Waals surface area contributed by atoms with Gasteiger partial charge in [-0.2, -0.15) is 0 Å². The second kappa shape index (κ2) is 5.54. The van der Waals surface area contributed by atoms with Gasteiger partial charge < -0.3 is 15.2 Å². The number of halogens is 2. The van der Waals surface area contributed by atoms with Gasteiger partial charge in [-0.05, 0) is 23.8 Å². The molecule has 3 rings (SSSR count). The third kappa shape index (κ3) is 2.69. The average Bonchev–Trinajstić information content (AvgIpc) is 2.49. The van der Waals surface area contributed by atoms with Gasteiger partial charge in [0.25, 0.3) is 0 Å². The second-order valence-corrected chi connectivity index (χ2v) is 5.43. The summed E-state index contributed by atoms with van der Waals surface area (Å²) in [5, 5.41) is 0.0844. The number of benzene rings is 2. The van der Waals surface area contributed by atoms with Crippen LogP contribution >= 0.6 is 11.6 Å². The van der Waals surface area contributed by atoms with Gasteiger partial charge in [-0.25, -0.2) is 4.39 Å². The Labute approximate surface area is 127 Å². The minimum absolute atomic E-state index is 0.0844. The molecule has 1 heterocycles. The van der Waals surface area contributed by atoms with E-state index in [1.807, 2.05) is 18.2 Å². The lowest BCUT2D eigenvalue weighted by Crippen LogP contribution is -2.24. The summed E-state index contributed by atoms with van der Waals surface area (Å²) in [5.74, 6) is 0.958. The normalized spacial score (nSPS) is 20.6. The third-order valence-corrected chi connectivity index (χ3v) is 3.96. The SMILES string of the molecule is COc1ccc2c(c1)OC(c1ccc(F)c(Cl)c1)C[C@H]2N. The number of rotatable bonds is 2. The average molecular weight is 308 g/mol. The van der Waals surface area contributed by atoms with Crippen molar-refractivity contribution >= 4 is 11.6 Å². The highest BCUT2D eigenvalue weighted by Gasteiger charge is 2.27. The van der Waals surface area contributed by atoms with E-state index in [4.69, 9.17) is 26.8 Å². The molecule has 21 heavy (non-hydrogen) atoms. The quantitative estimate of drug-likeness (QED) is 0.911. The molecule has 0 radical (unpaired) electrons. The molecule has 0 aromatic heterocycles. The molecule has 2 aromatic carbocycles. The number of hydrogen-bond acceptors (Lipinski definition) is 3. The summed E-state index contributed by atoms with van der Waals surface area (Å²) in [5.41, 5.74) is 7.96. The predicted molar refractivity (Wildman–Crippen MR) is 79.3 cm³/mol. The molecular formula is C16H15ClFNO2. The summed E-state index contributed by atoms with van der Waals surface area (Å²) in [6.07, 6.45) is 0.360. The molecule has 0 saturated heterocycles. The highest BCUT2D eigenvalue weighted by atomic mass is 35.5. The van der Waals surface area contributed by atoms with Crippen LogP contribution in [0.25, 0.3) is 0 Å². The third-order valence-electron chi connectivity index (χ3n) is 3.67. The molecule has 0 bridgehead atoms. The molecule has 1 aliphatic heterocycles. The number of nitrogens with two attached hydrogens (primary N) is 1. The van der Waals surface area contributed by atoms with Crippen LogP contribution in [0.15, 0.2) is 36.4 Å². The van der Waals surface area contributed by atoms with Crippen molar-refractivity contribution in [3.63, 3.8) is 0 Å². The van der Waals surface area contributed by atoms with Gasteiger partial charge in [-0.15, -0.1) is 0 Å². The molecule has 5 heteroatoms. The Morgan fingerprint density at radius 2 is 2.10 bits per heavy atom. The van der Waals surface area contributed by atoms with Gasteiger partial charge in [0.1, 0.15) is 23.4 Å². The molecule has 0 amide bonds. The van der Waals surface area contributed by atoms with Crippen LogP contribution in [-0.4, -0.2) is 7.11 Å². The van der Waals surface area contributed by atoms with Gasteiger partial charge in [0.2, 0.25) is 0 Å². The number of hydrogen-bond donors (Lipinski definition) is 1. The maximum absolute atomic E-state index is 13.3. The summed E-state index contributed by atoms with van der Waals surface area (Å²) in [4.78, 5) is 0. The van der Waals surface area contributed by atoms with E-state index in [-0.39, 0.29) is 17.2 Å². The van der Waals surface area contributed by atoms with Crippen molar-refractivity contribution in [2.75, 3.05) is 7.11 Å². The Morgan fingerprint density at radius 3 is 2.81 bits per heavy atom. The van der Waals surface area contributed by atoms with Crippen LogP contribution in [0.5, 0.6) is 11.5 Å². The summed E-state index contributed by atoms with van der Waals surface area (Å²) in [7, 11) is 1.60. The lowest BCUT2D eigenvalue weighted by atomic mass is 9.93. The molecule has 0 fully saturated rings. The first kappa shape index (κ1) is 14.2. The zero-order valence-corrected chi connectivity index (χ0v) is 12.2. The smallest absolute Gasteiger partial charge is 0.141 e. The van der Waals surface area contributed by atoms with Gasteiger partial charge in [0, 0.05) is 24.1 Å². The van der Waals surface area contributed by atoms with E-state index >= 15 is 0 Å². The fourth-order valence-corrected chi connectivity index (χ4v) is 2.71. The van der Waals surface area contributed by atoms with Crippen LogP contribution in [0.1, 0.15) is 29.7 Å². The van der Waals surface area contributed by atoms with Gasteiger partial charge in [0.05, 0.1) is 12.1 Å². The van der Waals surface area contributed by atoms with E-state index < -0.39 is 5.82 Å². The van der Waals surface area contributed by atoms with E-state index in [9.17, 15) is 4.39 Å². The van der Waals surface area contributed by atoms with Crippen LogP contribution in [0.4, 0.5) is 4.39 Å². The van der Waals surface area contributed by atoms with Crippen molar-refractivity contribution in [1.82, 2.24) is 0 Å². The standard InChI is InChI=1S/C16H15ClFNO2/c1-20-10-3-4-11-14(19)8-15(21-16(11)7-10)9-2-5-13(18)12(17)6-9/h2-7,14-15H,8,19H2,1H3/t14-,15?/m1/s1. The Bertz CT molecular complexity index is 677. The summed E-state index contributed by atoms with van der Waals surface area (Å²) >= 11 is 5.84. The van der Waals surface area contributed by atoms with E-state index in [1.165, 1.54) is 6.07 Å². The van der Waals surface area contributed by atoms with Crippen molar-refractivity contribution in [3.8, 4) is 11.5 Å². The van der Waals surface area contributed by atoms with Crippen LogP contribution < -0.4 is 15.2 Å². The molecule has 110 valence electrons. The van der Waals surface area contributed by atoms with E-state index in [0.717, 1.165) is 11.1 Å². The Kier molecular flexibility index (Phi) is 3.74. The molecule has 2 atom stereocenters. The lowest BCUT2D eigenvalue weighted by Gasteiger charge is -2.31. The number of methoxy groups -OCH3 is 1. The second-order valence-electron chi connectivity index (χ2n) is 5.03. The first-order valence-corrected chi connectivity index (χ1v) is 7.01. The first-order chi connectivity index (χ1) is 10.1. The summed E-state index contributed by atoms with van der Waals surface area (Å²) < 4.78 is 24.5. The summed E-state index contributed by atoms with van der Waals surface area (Å²) in [6.45, 7) is 0. The molecule has 3 nitrogen and oxygen atoms in total. The molecule has 1 aliphatic rings. The topological polar surface area (TPSA) is 44.5 Å². The minimum atomic E-state index is -0.442. The molecule has 0 saturated carbocycles. The lowest BCUT2D eigenvalue weighted by molar-refractivity contribution is 0.161. The Balaban J connectivity index is 1.94. The monoisotopic (exact) mass is 307 g/mol. The van der Waals surface area contributed by atoms with E-state index in [0.29, 0.717) is 17.9 Å². The molecule has 2 N–H and O–H groups in total. The van der Waals surface area contributed by atoms with Crippen molar-refractivity contribution in [3.05, 3.63) is 58.4 Å². The van der Waals surface area contributed by atoms with Crippen LogP contribution in [0.2, 0.25) is 5.02 Å². The first-order valence-electron chi connectivity index (χ1n) is 6.63. The number of fused-ring (bicyclic) bond motifs is 1. The molecular weight excluding hydrogens is 293 g/mol.